The maximum atomic E-state index is 13.6. The molecule has 0 aliphatic carbocycles. The highest BCUT2D eigenvalue weighted by Crippen LogP contribution is 2.40. The van der Waals surface area contributed by atoms with Crippen LogP contribution in [0.3, 0.4) is 0 Å². The first kappa shape index (κ1) is 20.6. The molecule has 0 unspecified atom stereocenters. The van der Waals surface area contributed by atoms with Crippen molar-refractivity contribution in [3.05, 3.63) is 35.9 Å². The summed E-state index contributed by atoms with van der Waals surface area (Å²) in [6.07, 6.45) is 2.91. The highest BCUT2D eigenvalue weighted by atomic mass is 16.5. The van der Waals surface area contributed by atoms with Crippen LogP contribution in [0, 0.1) is 5.41 Å². The fourth-order valence-electron chi connectivity index (χ4n) is 4.37. The molecular weight excluding hydrogens is 354 g/mol. The Morgan fingerprint density at radius 1 is 1.25 bits per heavy atom. The van der Waals surface area contributed by atoms with E-state index in [-0.39, 0.29) is 18.6 Å². The zero-order valence-corrected chi connectivity index (χ0v) is 17.3. The predicted molar refractivity (Wildman–Crippen MR) is 109 cm³/mol. The van der Waals surface area contributed by atoms with Gasteiger partial charge in [0.15, 0.2) is 0 Å². The van der Waals surface area contributed by atoms with Crippen molar-refractivity contribution >= 4 is 12.0 Å². The van der Waals surface area contributed by atoms with Gasteiger partial charge in [0.2, 0.25) is 5.91 Å². The summed E-state index contributed by atoms with van der Waals surface area (Å²) in [5, 5.41) is 6.35. The predicted octanol–water partition coefficient (Wildman–Crippen LogP) is 3.07. The van der Waals surface area contributed by atoms with Gasteiger partial charge in [0, 0.05) is 12.6 Å². The van der Waals surface area contributed by atoms with Crippen molar-refractivity contribution in [1.82, 2.24) is 15.5 Å². The molecule has 6 heteroatoms. The summed E-state index contributed by atoms with van der Waals surface area (Å²) in [5.74, 6) is 0.0369. The second kappa shape index (κ2) is 8.52. The van der Waals surface area contributed by atoms with Crippen LogP contribution in [0.4, 0.5) is 4.79 Å². The first-order valence-corrected chi connectivity index (χ1v) is 10.3. The van der Waals surface area contributed by atoms with Crippen LogP contribution in [0.2, 0.25) is 0 Å². The summed E-state index contributed by atoms with van der Waals surface area (Å²) in [5.41, 5.74) is -0.431. The van der Waals surface area contributed by atoms with Crippen LogP contribution < -0.4 is 10.6 Å². The SMILES string of the molecule is CC(C)(C)[C@@]1(NC(=O)OCc2ccccc2)CCCN(C2CCNCC2)C1=O. The van der Waals surface area contributed by atoms with E-state index >= 15 is 0 Å². The number of benzene rings is 1. The lowest BCUT2D eigenvalue weighted by Gasteiger charge is -2.51. The smallest absolute Gasteiger partial charge is 0.408 e. The Kier molecular flexibility index (Phi) is 6.28. The fraction of sp³-hybridized carbons (Fsp3) is 0.636. The first-order valence-electron chi connectivity index (χ1n) is 10.3. The number of ether oxygens (including phenoxy) is 1. The molecule has 28 heavy (non-hydrogen) atoms. The molecule has 2 fully saturated rings. The third-order valence-electron chi connectivity index (χ3n) is 6.13. The van der Waals surface area contributed by atoms with Gasteiger partial charge in [-0.15, -0.1) is 0 Å². The Morgan fingerprint density at radius 3 is 2.57 bits per heavy atom. The van der Waals surface area contributed by atoms with Crippen molar-refractivity contribution in [2.45, 2.75) is 64.6 Å². The topological polar surface area (TPSA) is 70.7 Å². The first-order chi connectivity index (χ1) is 13.3. The Bertz CT molecular complexity index is 680. The number of carbonyl (C=O) groups excluding carboxylic acids is 2. The maximum Gasteiger partial charge on any atom is 0.408 e. The largest absolute Gasteiger partial charge is 0.445 e. The third-order valence-corrected chi connectivity index (χ3v) is 6.13. The molecule has 2 aliphatic rings. The van der Waals surface area contributed by atoms with Gasteiger partial charge in [0.1, 0.15) is 12.1 Å². The molecule has 1 aromatic carbocycles. The normalized spacial score (nSPS) is 24.1. The number of likely N-dealkylation sites (tertiary alicyclic amines) is 1. The van der Waals surface area contributed by atoms with Gasteiger partial charge in [0.25, 0.3) is 0 Å². The minimum Gasteiger partial charge on any atom is -0.445 e. The zero-order chi connectivity index (χ0) is 20.2. The van der Waals surface area contributed by atoms with E-state index in [4.69, 9.17) is 4.74 Å². The van der Waals surface area contributed by atoms with Gasteiger partial charge >= 0.3 is 6.09 Å². The summed E-state index contributed by atoms with van der Waals surface area (Å²) in [6.45, 7) is 8.89. The number of rotatable bonds is 4. The molecule has 6 nitrogen and oxygen atoms in total. The molecule has 1 atom stereocenters. The third kappa shape index (κ3) is 4.32. The number of carbonyl (C=O) groups is 2. The molecule has 2 saturated heterocycles. The minimum absolute atomic E-state index is 0.0369. The molecule has 1 aromatic rings. The minimum atomic E-state index is -0.941. The lowest BCUT2D eigenvalue weighted by Crippen LogP contribution is -2.70. The molecule has 0 radical (unpaired) electrons. The molecule has 2 amide bonds. The van der Waals surface area contributed by atoms with E-state index in [1.54, 1.807) is 0 Å². The van der Waals surface area contributed by atoms with E-state index in [0.29, 0.717) is 6.42 Å². The van der Waals surface area contributed by atoms with Crippen molar-refractivity contribution in [3.8, 4) is 0 Å². The molecule has 0 aromatic heterocycles. The Labute approximate surface area is 168 Å². The van der Waals surface area contributed by atoms with Crippen molar-refractivity contribution in [3.63, 3.8) is 0 Å². The highest BCUT2D eigenvalue weighted by molar-refractivity contribution is 5.91. The van der Waals surface area contributed by atoms with Crippen LogP contribution in [-0.4, -0.2) is 48.1 Å². The Morgan fingerprint density at radius 2 is 1.93 bits per heavy atom. The lowest BCUT2D eigenvalue weighted by molar-refractivity contribution is -0.150. The standard InChI is InChI=1S/C22H33N3O3/c1-21(2,3)22(24-20(27)28-16-17-8-5-4-6-9-17)12-7-15-25(19(22)26)18-10-13-23-14-11-18/h4-6,8-9,18,23H,7,10-16H2,1-3H3,(H,24,27)/t22-/m1/s1. The zero-order valence-electron chi connectivity index (χ0n) is 17.3. The lowest BCUT2D eigenvalue weighted by atomic mass is 9.68. The second-order valence-electron chi connectivity index (χ2n) is 8.93. The van der Waals surface area contributed by atoms with Crippen LogP contribution in [-0.2, 0) is 16.1 Å². The number of amides is 2. The molecule has 154 valence electrons. The van der Waals surface area contributed by atoms with Gasteiger partial charge in [-0.25, -0.2) is 4.79 Å². The van der Waals surface area contributed by atoms with Crippen LogP contribution in [0.5, 0.6) is 0 Å². The van der Waals surface area contributed by atoms with Crippen molar-refractivity contribution in [2.75, 3.05) is 19.6 Å². The van der Waals surface area contributed by atoms with Crippen molar-refractivity contribution in [1.29, 1.82) is 0 Å². The molecule has 0 saturated carbocycles. The monoisotopic (exact) mass is 387 g/mol. The van der Waals surface area contributed by atoms with E-state index in [2.05, 4.69) is 10.6 Å². The number of piperidine rings is 2. The number of hydrogen-bond acceptors (Lipinski definition) is 4. The molecular formula is C22H33N3O3. The Hall–Kier alpha value is -2.08. The van der Waals surface area contributed by atoms with Crippen LogP contribution in [0.15, 0.2) is 30.3 Å². The van der Waals surface area contributed by atoms with E-state index in [0.717, 1.165) is 44.5 Å². The molecule has 0 spiro atoms. The molecule has 2 N–H and O–H groups in total. The number of nitrogens with one attached hydrogen (secondary N) is 2. The molecule has 2 aliphatic heterocycles. The van der Waals surface area contributed by atoms with E-state index in [1.807, 2.05) is 56.0 Å². The molecule has 2 heterocycles. The average molecular weight is 388 g/mol. The second-order valence-corrected chi connectivity index (χ2v) is 8.93. The van der Waals surface area contributed by atoms with E-state index < -0.39 is 17.0 Å². The van der Waals surface area contributed by atoms with Gasteiger partial charge in [-0.3, -0.25) is 4.79 Å². The summed E-state index contributed by atoms with van der Waals surface area (Å²) >= 11 is 0. The number of hydrogen-bond donors (Lipinski definition) is 2. The van der Waals surface area contributed by atoms with Gasteiger partial charge in [-0.2, -0.15) is 0 Å². The van der Waals surface area contributed by atoms with Gasteiger partial charge in [-0.05, 0) is 49.8 Å². The van der Waals surface area contributed by atoms with E-state index in [1.165, 1.54) is 0 Å². The van der Waals surface area contributed by atoms with Gasteiger partial charge in [0.05, 0.1) is 0 Å². The van der Waals surface area contributed by atoms with Gasteiger partial charge < -0.3 is 20.3 Å². The fourth-order valence-corrected chi connectivity index (χ4v) is 4.37. The van der Waals surface area contributed by atoms with Crippen molar-refractivity contribution < 1.29 is 14.3 Å². The van der Waals surface area contributed by atoms with Crippen LogP contribution >= 0.6 is 0 Å². The Balaban J connectivity index is 1.74. The summed E-state index contributed by atoms with van der Waals surface area (Å²) in [6, 6.07) is 9.82. The van der Waals surface area contributed by atoms with Gasteiger partial charge in [-0.1, -0.05) is 51.1 Å². The molecule has 3 rings (SSSR count). The average Bonchev–Trinajstić information content (AvgIpc) is 2.68. The summed E-state index contributed by atoms with van der Waals surface area (Å²) < 4.78 is 5.45. The molecule has 0 bridgehead atoms. The van der Waals surface area contributed by atoms with Crippen molar-refractivity contribution in [2.24, 2.45) is 5.41 Å². The number of alkyl carbamates (subject to hydrolysis) is 1. The summed E-state index contributed by atoms with van der Waals surface area (Å²) in [7, 11) is 0. The highest BCUT2D eigenvalue weighted by Gasteiger charge is 2.54. The quantitative estimate of drug-likeness (QED) is 0.833. The van der Waals surface area contributed by atoms with Crippen LogP contribution in [0.1, 0.15) is 52.0 Å². The maximum absolute atomic E-state index is 13.6. The van der Waals surface area contributed by atoms with E-state index in [9.17, 15) is 9.59 Å². The number of nitrogens with zero attached hydrogens (tertiary/aromatic N) is 1. The van der Waals surface area contributed by atoms with Crippen LogP contribution in [0.25, 0.3) is 0 Å². The summed E-state index contributed by atoms with van der Waals surface area (Å²) in [4.78, 5) is 28.3.